The van der Waals surface area contributed by atoms with Crippen molar-refractivity contribution in [1.29, 1.82) is 0 Å². The van der Waals surface area contributed by atoms with E-state index in [2.05, 4.69) is 10.6 Å². The summed E-state index contributed by atoms with van der Waals surface area (Å²) in [6.07, 6.45) is 2.06. The molecule has 1 aromatic heterocycles. The number of hydrogen-bond acceptors (Lipinski definition) is 6. The molecule has 3 rings (SSSR count). The van der Waals surface area contributed by atoms with E-state index in [1.54, 1.807) is 31.2 Å². The summed E-state index contributed by atoms with van der Waals surface area (Å²) in [5, 5.41) is 14.9. The van der Waals surface area contributed by atoms with E-state index in [4.69, 9.17) is 4.74 Å². The molecule has 1 heterocycles. The van der Waals surface area contributed by atoms with Crippen molar-refractivity contribution in [1.82, 2.24) is 0 Å². The highest BCUT2D eigenvalue weighted by atomic mass is 32.1. The van der Waals surface area contributed by atoms with Crippen molar-refractivity contribution >= 4 is 45.8 Å². The molecule has 0 aliphatic heterocycles. The third kappa shape index (κ3) is 4.83. The fraction of sp³-hybridized carbons (Fsp3) is 0.273. The minimum absolute atomic E-state index is 0.0762. The van der Waals surface area contributed by atoms with Crippen LogP contribution in [0.4, 0.5) is 10.7 Å². The Balaban J connectivity index is 1.95. The Morgan fingerprint density at radius 1 is 0.968 bits per heavy atom. The smallest absolute Gasteiger partial charge is 0.341 e. The molecule has 1 aromatic carbocycles. The number of esters is 1. The third-order valence-electron chi connectivity index (χ3n) is 5.00. The number of ether oxygens (including phenoxy) is 1. The Kier molecular flexibility index (Phi) is 6.86. The van der Waals surface area contributed by atoms with Gasteiger partial charge in [0.15, 0.2) is 0 Å². The lowest BCUT2D eigenvalue weighted by Gasteiger charge is -2.17. The van der Waals surface area contributed by atoms with E-state index in [0.29, 0.717) is 36.9 Å². The van der Waals surface area contributed by atoms with Crippen LogP contribution >= 0.6 is 11.3 Å². The second-order valence-electron chi connectivity index (χ2n) is 7.00. The van der Waals surface area contributed by atoms with E-state index < -0.39 is 23.8 Å². The minimum Gasteiger partial charge on any atom is -0.478 e. The lowest BCUT2D eigenvalue weighted by Crippen LogP contribution is -2.21. The average Bonchev–Trinajstić information content (AvgIpc) is 3.09. The molecule has 0 atom stereocenters. The zero-order valence-corrected chi connectivity index (χ0v) is 17.9. The lowest BCUT2D eigenvalue weighted by molar-refractivity contribution is -0.133. The van der Waals surface area contributed by atoms with Crippen LogP contribution in [0.5, 0.6) is 0 Å². The highest BCUT2D eigenvalue weighted by molar-refractivity contribution is 7.19. The zero-order chi connectivity index (χ0) is 22.5. The summed E-state index contributed by atoms with van der Waals surface area (Å²) >= 11 is 0.944. The second-order valence-corrected chi connectivity index (χ2v) is 8.02. The molecule has 0 fully saturated rings. The maximum atomic E-state index is 12.8. The van der Waals surface area contributed by atoms with Gasteiger partial charge in [-0.15, -0.1) is 11.3 Å². The van der Waals surface area contributed by atoms with Crippen LogP contribution < -0.4 is 10.6 Å². The highest BCUT2D eigenvalue weighted by Crippen LogP contribution is 2.35. The quantitative estimate of drug-likeness (QED) is 0.582. The Bertz CT molecular complexity index is 1070. The molecule has 8 nitrogen and oxygen atoms in total. The monoisotopic (exact) mass is 442 g/mol. The predicted molar refractivity (Wildman–Crippen MR) is 117 cm³/mol. The first-order valence-corrected chi connectivity index (χ1v) is 10.5. The van der Waals surface area contributed by atoms with Crippen molar-refractivity contribution in [3.05, 3.63) is 57.5 Å². The molecular formula is C22H22N2O6S. The lowest BCUT2D eigenvalue weighted by atomic mass is 9.91. The van der Waals surface area contributed by atoms with Gasteiger partial charge in [0.05, 0.1) is 17.6 Å². The summed E-state index contributed by atoms with van der Waals surface area (Å²) in [5.41, 5.74) is 1.31. The molecule has 31 heavy (non-hydrogen) atoms. The first kappa shape index (κ1) is 22.2. The number of carbonyl (C=O) groups excluding carboxylic acids is 3. The molecule has 9 heteroatoms. The molecule has 0 radical (unpaired) electrons. The number of rotatable bonds is 6. The van der Waals surface area contributed by atoms with E-state index in [9.17, 15) is 24.3 Å². The SMILES string of the molecule is COC(=O)c1c(NC(=O)C2=C(C(=O)O)CCCC2)sc(C(=O)Nc2ccccc2)c1C. The van der Waals surface area contributed by atoms with Gasteiger partial charge >= 0.3 is 11.9 Å². The maximum absolute atomic E-state index is 12.8. The van der Waals surface area contributed by atoms with Crippen molar-refractivity contribution in [2.45, 2.75) is 32.6 Å². The van der Waals surface area contributed by atoms with Crippen molar-refractivity contribution in [2.75, 3.05) is 17.7 Å². The van der Waals surface area contributed by atoms with Crippen molar-refractivity contribution in [3.8, 4) is 0 Å². The van der Waals surface area contributed by atoms with E-state index in [0.717, 1.165) is 11.3 Å². The number of benzene rings is 1. The first-order valence-electron chi connectivity index (χ1n) is 9.68. The number of para-hydroxylation sites is 1. The standard InChI is InChI=1S/C22H22N2O6S/c1-12-16(22(29)30-2)20(24-18(25)14-10-6-7-11-15(14)21(27)28)31-17(12)19(26)23-13-8-4-3-5-9-13/h3-5,8-9H,6-7,10-11H2,1-2H3,(H,23,26)(H,24,25)(H,27,28). The summed E-state index contributed by atoms with van der Waals surface area (Å²) in [4.78, 5) is 49.8. The molecule has 0 saturated carbocycles. The average molecular weight is 442 g/mol. The van der Waals surface area contributed by atoms with E-state index in [1.165, 1.54) is 7.11 Å². The van der Waals surface area contributed by atoms with Gasteiger partial charge in [0.25, 0.3) is 11.8 Å². The Labute approximate surface area is 182 Å². The fourth-order valence-corrected chi connectivity index (χ4v) is 4.53. The highest BCUT2D eigenvalue weighted by Gasteiger charge is 2.29. The van der Waals surface area contributed by atoms with Crippen LogP contribution in [0.15, 0.2) is 41.5 Å². The van der Waals surface area contributed by atoms with Gasteiger partial charge in [-0.2, -0.15) is 0 Å². The molecular weight excluding hydrogens is 420 g/mol. The van der Waals surface area contributed by atoms with Crippen LogP contribution in [0.2, 0.25) is 0 Å². The van der Waals surface area contributed by atoms with Gasteiger partial charge in [-0.25, -0.2) is 9.59 Å². The maximum Gasteiger partial charge on any atom is 0.341 e. The number of methoxy groups -OCH3 is 1. The second kappa shape index (κ2) is 9.57. The minimum atomic E-state index is -1.12. The number of thiophene rings is 1. The molecule has 1 aliphatic carbocycles. The Morgan fingerprint density at radius 2 is 1.61 bits per heavy atom. The number of nitrogens with one attached hydrogen (secondary N) is 2. The van der Waals surface area contributed by atoms with E-state index >= 15 is 0 Å². The molecule has 162 valence electrons. The molecule has 2 aromatic rings. The number of aliphatic carboxylic acids is 1. The molecule has 1 aliphatic rings. The van der Waals surface area contributed by atoms with Crippen molar-refractivity contribution in [3.63, 3.8) is 0 Å². The van der Waals surface area contributed by atoms with Crippen LogP contribution in [0.1, 0.15) is 51.3 Å². The fourth-order valence-electron chi connectivity index (χ4n) is 3.45. The Morgan fingerprint density at radius 3 is 2.23 bits per heavy atom. The number of hydrogen-bond donors (Lipinski definition) is 3. The number of carboxylic acids is 1. The van der Waals surface area contributed by atoms with Gasteiger partial charge in [-0.05, 0) is 50.3 Å². The first-order chi connectivity index (χ1) is 14.8. The van der Waals surface area contributed by atoms with Gasteiger partial charge in [-0.1, -0.05) is 18.2 Å². The zero-order valence-electron chi connectivity index (χ0n) is 17.1. The van der Waals surface area contributed by atoms with Gasteiger partial charge < -0.3 is 20.5 Å². The third-order valence-corrected chi connectivity index (χ3v) is 6.21. The summed E-state index contributed by atoms with van der Waals surface area (Å²) < 4.78 is 4.83. The van der Waals surface area contributed by atoms with Crippen LogP contribution in [0.3, 0.4) is 0 Å². The normalized spacial score (nSPS) is 13.5. The predicted octanol–water partition coefficient (Wildman–Crippen LogP) is 3.99. The van der Waals surface area contributed by atoms with Gasteiger partial charge in [-0.3, -0.25) is 9.59 Å². The molecule has 0 bridgehead atoms. The molecule has 0 unspecified atom stereocenters. The summed E-state index contributed by atoms with van der Waals surface area (Å²) in [5.74, 6) is -2.83. The van der Waals surface area contributed by atoms with Crippen LogP contribution in [0.25, 0.3) is 0 Å². The number of carboxylic acid groups (broad SMARTS) is 1. The van der Waals surface area contributed by atoms with Crippen LogP contribution in [-0.4, -0.2) is 36.0 Å². The topological polar surface area (TPSA) is 122 Å². The molecule has 0 spiro atoms. The molecule has 3 N–H and O–H groups in total. The molecule has 2 amide bonds. The summed E-state index contributed by atoms with van der Waals surface area (Å²) in [6.45, 7) is 1.60. The number of anilines is 2. The molecule has 0 saturated heterocycles. The van der Waals surface area contributed by atoms with Crippen molar-refractivity contribution < 1.29 is 29.0 Å². The number of amides is 2. The van der Waals surface area contributed by atoms with E-state index in [1.807, 2.05) is 6.07 Å². The van der Waals surface area contributed by atoms with Gasteiger partial charge in [0, 0.05) is 16.8 Å². The van der Waals surface area contributed by atoms with Crippen LogP contribution in [-0.2, 0) is 14.3 Å². The van der Waals surface area contributed by atoms with Gasteiger partial charge in [0.1, 0.15) is 5.00 Å². The largest absolute Gasteiger partial charge is 0.478 e. The van der Waals surface area contributed by atoms with Gasteiger partial charge in [0.2, 0.25) is 0 Å². The summed E-state index contributed by atoms with van der Waals surface area (Å²) in [6, 6.07) is 8.84. The van der Waals surface area contributed by atoms with Crippen LogP contribution in [0, 0.1) is 6.92 Å². The van der Waals surface area contributed by atoms with E-state index in [-0.39, 0.29) is 26.6 Å². The Hall–Kier alpha value is -3.46. The summed E-state index contributed by atoms with van der Waals surface area (Å²) in [7, 11) is 1.21. The number of carbonyl (C=O) groups is 4. The van der Waals surface area contributed by atoms with Crippen molar-refractivity contribution in [2.24, 2.45) is 0 Å².